The molecule has 0 bridgehead atoms. The van der Waals surface area contributed by atoms with E-state index in [1.807, 2.05) is 25.1 Å². The highest BCUT2D eigenvalue weighted by atomic mass is 16.5. The van der Waals surface area contributed by atoms with Gasteiger partial charge < -0.3 is 29.4 Å². The number of benzene rings is 2. The van der Waals surface area contributed by atoms with Crippen LogP contribution in [0.4, 0.5) is 0 Å². The molecule has 0 heterocycles. The number of ketones is 1. The summed E-state index contributed by atoms with van der Waals surface area (Å²) in [4.78, 5) is 11.7. The van der Waals surface area contributed by atoms with Crippen LogP contribution in [0.15, 0.2) is 36.4 Å². The fourth-order valence-corrected chi connectivity index (χ4v) is 3.16. The van der Waals surface area contributed by atoms with Gasteiger partial charge in [-0.2, -0.15) is 0 Å². The molecule has 0 aliphatic rings. The van der Waals surface area contributed by atoms with Crippen molar-refractivity contribution in [1.29, 1.82) is 0 Å². The van der Waals surface area contributed by atoms with Gasteiger partial charge in [-0.15, -0.1) is 0 Å². The fourth-order valence-electron chi connectivity index (χ4n) is 3.16. The van der Waals surface area contributed by atoms with E-state index < -0.39 is 6.10 Å². The van der Waals surface area contributed by atoms with E-state index in [9.17, 15) is 9.90 Å². The number of nitrogens with one attached hydrogen (secondary N) is 1. The first-order chi connectivity index (χ1) is 15.5. The first-order valence-electron chi connectivity index (χ1n) is 10.9. The Hall–Kier alpha value is -2.61. The molecule has 7 heteroatoms. The van der Waals surface area contributed by atoms with Crippen LogP contribution >= 0.6 is 0 Å². The summed E-state index contributed by atoms with van der Waals surface area (Å²) in [6, 6.07) is 11.1. The van der Waals surface area contributed by atoms with E-state index in [1.54, 1.807) is 32.4 Å². The van der Waals surface area contributed by atoms with Crippen LogP contribution in [0.2, 0.25) is 0 Å². The van der Waals surface area contributed by atoms with Crippen molar-refractivity contribution in [1.82, 2.24) is 5.32 Å². The largest absolute Gasteiger partial charge is 0.493 e. The molecule has 176 valence electrons. The normalized spacial score (nSPS) is 11.8. The van der Waals surface area contributed by atoms with Crippen LogP contribution in [-0.4, -0.2) is 57.5 Å². The van der Waals surface area contributed by atoms with Crippen molar-refractivity contribution in [3.05, 3.63) is 53.1 Å². The van der Waals surface area contributed by atoms with Gasteiger partial charge in [-0.05, 0) is 62.2 Å². The minimum Gasteiger partial charge on any atom is -0.493 e. The topological polar surface area (TPSA) is 86.3 Å². The van der Waals surface area contributed by atoms with Crippen LogP contribution in [0.5, 0.6) is 17.2 Å². The van der Waals surface area contributed by atoms with E-state index in [1.165, 1.54) is 6.92 Å². The molecule has 0 saturated carbocycles. The van der Waals surface area contributed by atoms with E-state index in [0.717, 1.165) is 24.0 Å². The molecule has 32 heavy (non-hydrogen) atoms. The molecule has 0 aromatic heterocycles. The zero-order valence-electron chi connectivity index (χ0n) is 19.5. The Morgan fingerprint density at radius 2 is 1.81 bits per heavy atom. The number of carbonyl (C=O) groups excluding carboxylic acids is 1. The smallest absolute Gasteiger partial charge is 0.160 e. The maximum absolute atomic E-state index is 11.7. The Kier molecular flexibility index (Phi) is 11.0. The summed E-state index contributed by atoms with van der Waals surface area (Å²) < 4.78 is 22.0. The summed E-state index contributed by atoms with van der Waals surface area (Å²) in [5, 5.41) is 13.5. The zero-order valence-corrected chi connectivity index (χ0v) is 19.5. The number of hydrogen-bond donors (Lipinski definition) is 2. The predicted molar refractivity (Wildman–Crippen MR) is 124 cm³/mol. The molecule has 2 aromatic carbocycles. The molecular formula is C25H35NO6. The highest BCUT2D eigenvalue weighted by Crippen LogP contribution is 2.27. The number of methoxy groups -OCH3 is 2. The van der Waals surface area contributed by atoms with Gasteiger partial charge >= 0.3 is 0 Å². The second-order valence-electron chi connectivity index (χ2n) is 7.54. The molecule has 1 unspecified atom stereocenters. The molecule has 2 aromatic rings. The lowest BCUT2D eigenvalue weighted by atomic mass is 10.1. The lowest BCUT2D eigenvalue weighted by Gasteiger charge is -2.16. The molecule has 0 aliphatic heterocycles. The molecule has 0 saturated heterocycles. The van der Waals surface area contributed by atoms with Crippen LogP contribution in [-0.2, 0) is 17.8 Å². The highest BCUT2D eigenvalue weighted by Gasteiger charge is 2.11. The van der Waals surface area contributed by atoms with Gasteiger partial charge in [0.1, 0.15) is 18.5 Å². The summed E-state index contributed by atoms with van der Waals surface area (Å²) >= 11 is 0. The Morgan fingerprint density at radius 1 is 1.06 bits per heavy atom. The van der Waals surface area contributed by atoms with E-state index in [2.05, 4.69) is 5.32 Å². The molecule has 1 atom stereocenters. The third-order valence-corrected chi connectivity index (χ3v) is 4.92. The van der Waals surface area contributed by atoms with E-state index in [-0.39, 0.29) is 12.4 Å². The summed E-state index contributed by atoms with van der Waals surface area (Å²) in [7, 11) is 3.23. The molecular weight excluding hydrogens is 410 g/mol. The molecule has 0 radical (unpaired) electrons. The van der Waals surface area contributed by atoms with Gasteiger partial charge in [0.05, 0.1) is 20.8 Å². The van der Waals surface area contributed by atoms with E-state index in [0.29, 0.717) is 49.1 Å². The molecule has 7 nitrogen and oxygen atoms in total. The standard InChI is InChI=1S/C25H35NO6/c1-5-12-31-16-21-14-20(18(2)27)7-9-23(21)32-17-22(28)15-26-11-10-19-6-8-24(29-3)25(13-19)30-4/h6-9,13-14,22,26,28H,5,10-12,15-17H2,1-4H3. The lowest BCUT2D eigenvalue weighted by Crippen LogP contribution is -2.32. The van der Waals surface area contributed by atoms with Crippen molar-refractivity contribution < 1.29 is 28.8 Å². The molecule has 0 fully saturated rings. The summed E-state index contributed by atoms with van der Waals surface area (Å²) in [5.74, 6) is 2.02. The first-order valence-corrected chi connectivity index (χ1v) is 10.9. The average Bonchev–Trinajstić information content (AvgIpc) is 2.80. The molecule has 0 amide bonds. The van der Waals surface area contributed by atoms with Crippen LogP contribution < -0.4 is 19.5 Å². The zero-order chi connectivity index (χ0) is 23.3. The quantitative estimate of drug-likeness (QED) is 0.321. The van der Waals surface area contributed by atoms with Gasteiger partial charge in [0, 0.05) is 24.3 Å². The van der Waals surface area contributed by atoms with Crippen LogP contribution in [0.3, 0.4) is 0 Å². The van der Waals surface area contributed by atoms with Crippen molar-refractivity contribution >= 4 is 5.78 Å². The van der Waals surface area contributed by atoms with E-state index >= 15 is 0 Å². The minimum absolute atomic E-state index is 0.00740. The first kappa shape index (κ1) is 25.6. The van der Waals surface area contributed by atoms with Crippen molar-refractivity contribution in [2.24, 2.45) is 0 Å². The molecule has 2 N–H and O–H groups in total. The summed E-state index contributed by atoms with van der Waals surface area (Å²) in [6.45, 7) is 5.82. The van der Waals surface area contributed by atoms with Gasteiger partial charge in [0.25, 0.3) is 0 Å². The molecule has 2 rings (SSSR count). The van der Waals surface area contributed by atoms with Gasteiger partial charge in [0.2, 0.25) is 0 Å². The van der Waals surface area contributed by atoms with Gasteiger partial charge in [-0.25, -0.2) is 0 Å². The molecule has 0 spiro atoms. The maximum atomic E-state index is 11.7. The average molecular weight is 446 g/mol. The monoisotopic (exact) mass is 445 g/mol. The van der Waals surface area contributed by atoms with Gasteiger partial charge in [-0.1, -0.05) is 13.0 Å². The van der Waals surface area contributed by atoms with Crippen molar-refractivity contribution in [2.75, 3.05) is 40.5 Å². The minimum atomic E-state index is -0.669. The third-order valence-electron chi connectivity index (χ3n) is 4.92. The van der Waals surface area contributed by atoms with Crippen molar-refractivity contribution in [3.63, 3.8) is 0 Å². The summed E-state index contributed by atoms with van der Waals surface area (Å²) in [6.07, 6.45) is 1.03. The second kappa shape index (κ2) is 13.7. The van der Waals surface area contributed by atoms with Crippen LogP contribution in [0.25, 0.3) is 0 Å². The number of rotatable bonds is 15. The number of Topliss-reactive ketones (excluding diaryl/α,β-unsaturated/α-hetero) is 1. The van der Waals surface area contributed by atoms with Crippen LogP contribution in [0, 0.1) is 0 Å². The number of carbonyl (C=O) groups is 1. The number of hydrogen-bond acceptors (Lipinski definition) is 7. The second-order valence-corrected chi connectivity index (χ2v) is 7.54. The molecule has 0 aliphatic carbocycles. The van der Waals surface area contributed by atoms with E-state index in [4.69, 9.17) is 18.9 Å². The highest BCUT2D eigenvalue weighted by molar-refractivity contribution is 5.94. The maximum Gasteiger partial charge on any atom is 0.160 e. The van der Waals surface area contributed by atoms with Crippen molar-refractivity contribution in [2.45, 2.75) is 39.4 Å². The number of aliphatic hydroxyl groups is 1. The Bertz CT molecular complexity index is 854. The Labute approximate surface area is 190 Å². The van der Waals surface area contributed by atoms with Crippen molar-refractivity contribution in [3.8, 4) is 17.2 Å². The number of ether oxygens (including phenoxy) is 4. The number of aliphatic hydroxyl groups excluding tert-OH is 1. The van der Waals surface area contributed by atoms with Gasteiger partial charge in [0.15, 0.2) is 17.3 Å². The third kappa shape index (κ3) is 8.15. The summed E-state index contributed by atoms with van der Waals surface area (Å²) in [5.41, 5.74) is 2.53. The Morgan fingerprint density at radius 3 is 2.50 bits per heavy atom. The Balaban J connectivity index is 1.81. The van der Waals surface area contributed by atoms with Gasteiger partial charge in [-0.3, -0.25) is 4.79 Å². The lowest BCUT2D eigenvalue weighted by molar-refractivity contribution is 0.0976. The SMILES string of the molecule is CCCOCc1cc(C(C)=O)ccc1OCC(O)CNCCc1ccc(OC)c(OC)c1. The fraction of sp³-hybridized carbons (Fsp3) is 0.480. The predicted octanol–water partition coefficient (Wildman–Crippen LogP) is 3.41. The van der Waals surface area contributed by atoms with Crippen LogP contribution in [0.1, 0.15) is 41.8 Å².